The summed E-state index contributed by atoms with van der Waals surface area (Å²) in [5.41, 5.74) is 0.344. The van der Waals surface area contributed by atoms with Crippen LogP contribution in [0.25, 0.3) is 0 Å². The molecule has 0 aliphatic heterocycles. The molecule has 17 heavy (non-hydrogen) atoms. The minimum atomic E-state index is -1.95. The molecule has 1 aromatic rings. The van der Waals surface area contributed by atoms with Crippen molar-refractivity contribution in [2.45, 2.75) is 19.6 Å². The van der Waals surface area contributed by atoms with Gasteiger partial charge in [0.25, 0.3) is 5.79 Å². The molecule has 0 saturated heterocycles. The predicted octanol–water partition coefficient (Wildman–Crippen LogP) is 0.958. The van der Waals surface area contributed by atoms with E-state index in [-0.39, 0.29) is 0 Å². The van der Waals surface area contributed by atoms with Crippen molar-refractivity contribution in [3.05, 3.63) is 35.9 Å². The van der Waals surface area contributed by atoms with Gasteiger partial charge < -0.3 is 14.6 Å². The van der Waals surface area contributed by atoms with E-state index in [9.17, 15) is 14.7 Å². The maximum absolute atomic E-state index is 11.0. The third-order valence-electron chi connectivity index (χ3n) is 2.01. The zero-order valence-corrected chi connectivity index (χ0v) is 9.67. The Bertz CT molecular complexity index is 401. The number of carbonyl (C=O) groups excluding carboxylic acids is 2. The molecule has 0 bridgehead atoms. The van der Waals surface area contributed by atoms with Crippen LogP contribution in [0.5, 0.6) is 0 Å². The van der Waals surface area contributed by atoms with Crippen molar-refractivity contribution in [2.24, 2.45) is 0 Å². The van der Waals surface area contributed by atoms with Crippen LogP contribution in [0, 0.1) is 0 Å². The fraction of sp³-hybridized carbons (Fsp3) is 0.333. The number of hydrogen-bond acceptors (Lipinski definition) is 5. The zero-order valence-electron chi connectivity index (χ0n) is 9.67. The standard InChI is InChI=1S/C12H14O5/c1-9(13)16-8-12(15,17-10(2)14)11-6-4-3-5-7-11/h3-7,15H,8H2,1-2H3. The molecule has 0 amide bonds. The minimum Gasteiger partial charge on any atom is -0.458 e. The first-order valence-corrected chi connectivity index (χ1v) is 5.05. The summed E-state index contributed by atoms with van der Waals surface area (Å²) in [7, 11) is 0. The Kier molecular flexibility index (Phi) is 4.23. The van der Waals surface area contributed by atoms with Crippen LogP contribution >= 0.6 is 0 Å². The van der Waals surface area contributed by atoms with Crippen LogP contribution in [-0.2, 0) is 24.8 Å². The molecule has 0 saturated carbocycles. The van der Waals surface area contributed by atoms with Crippen LogP contribution in [0.1, 0.15) is 19.4 Å². The summed E-state index contributed by atoms with van der Waals surface area (Å²) in [4.78, 5) is 21.7. The number of hydrogen-bond donors (Lipinski definition) is 1. The van der Waals surface area contributed by atoms with Gasteiger partial charge in [-0.25, -0.2) is 0 Å². The van der Waals surface area contributed by atoms with Gasteiger partial charge in [0.1, 0.15) is 0 Å². The van der Waals surface area contributed by atoms with E-state index in [0.717, 1.165) is 0 Å². The summed E-state index contributed by atoms with van der Waals surface area (Å²) < 4.78 is 9.51. The molecule has 0 radical (unpaired) electrons. The first kappa shape index (κ1) is 13.2. The highest BCUT2D eigenvalue weighted by Crippen LogP contribution is 2.23. The molecule has 0 fully saturated rings. The van der Waals surface area contributed by atoms with E-state index in [4.69, 9.17) is 9.47 Å². The van der Waals surface area contributed by atoms with E-state index in [1.165, 1.54) is 13.8 Å². The van der Waals surface area contributed by atoms with Gasteiger partial charge in [0.05, 0.1) is 0 Å². The minimum absolute atomic E-state index is 0.344. The van der Waals surface area contributed by atoms with Gasteiger partial charge in [0, 0.05) is 19.4 Å². The topological polar surface area (TPSA) is 72.8 Å². The van der Waals surface area contributed by atoms with Crippen LogP contribution in [0.3, 0.4) is 0 Å². The Balaban J connectivity index is 2.93. The lowest BCUT2D eigenvalue weighted by Crippen LogP contribution is -2.37. The molecule has 0 spiro atoms. The summed E-state index contributed by atoms with van der Waals surface area (Å²) in [6.45, 7) is 1.94. The van der Waals surface area contributed by atoms with Crippen molar-refractivity contribution in [3.8, 4) is 0 Å². The van der Waals surface area contributed by atoms with Crippen molar-refractivity contribution in [1.82, 2.24) is 0 Å². The molecule has 5 nitrogen and oxygen atoms in total. The average molecular weight is 238 g/mol. The van der Waals surface area contributed by atoms with Crippen molar-refractivity contribution in [2.75, 3.05) is 6.61 Å². The Morgan fingerprint density at radius 1 is 1.18 bits per heavy atom. The molecule has 1 N–H and O–H groups in total. The Labute approximate surface area is 99.0 Å². The molecule has 1 unspecified atom stereocenters. The molecule has 0 aliphatic carbocycles. The Hall–Kier alpha value is -1.88. The maximum Gasteiger partial charge on any atom is 0.305 e. The number of benzene rings is 1. The molecular weight excluding hydrogens is 224 g/mol. The van der Waals surface area contributed by atoms with Crippen LogP contribution in [0.15, 0.2) is 30.3 Å². The first-order valence-electron chi connectivity index (χ1n) is 5.05. The van der Waals surface area contributed by atoms with Gasteiger partial charge in [-0.2, -0.15) is 0 Å². The second-order valence-electron chi connectivity index (χ2n) is 3.52. The fourth-order valence-electron chi connectivity index (χ4n) is 1.31. The van der Waals surface area contributed by atoms with Crippen LogP contribution in [0.2, 0.25) is 0 Å². The lowest BCUT2D eigenvalue weighted by Gasteiger charge is -2.26. The first-order chi connectivity index (χ1) is 7.94. The summed E-state index contributed by atoms with van der Waals surface area (Å²) in [6.07, 6.45) is 0. The third-order valence-corrected chi connectivity index (χ3v) is 2.01. The second-order valence-corrected chi connectivity index (χ2v) is 3.52. The van der Waals surface area contributed by atoms with Gasteiger partial charge in [-0.05, 0) is 0 Å². The summed E-state index contributed by atoms with van der Waals surface area (Å²) in [5, 5.41) is 10.2. The van der Waals surface area contributed by atoms with Crippen LogP contribution in [-0.4, -0.2) is 23.7 Å². The van der Waals surface area contributed by atoms with E-state index in [2.05, 4.69) is 0 Å². The van der Waals surface area contributed by atoms with Gasteiger partial charge in [-0.3, -0.25) is 9.59 Å². The summed E-state index contributed by atoms with van der Waals surface area (Å²) >= 11 is 0. The van der Waals surface area contributed by atoms with E-state index in [1.54, 1.807) is 30.3 Å². The van der Waals surface area contributed by atoms with E-state index < -0.39 is 24.3 Å². The molecule has 92 valence electrons. The number of aliphatic hydroxyl groups is 1. The van der Waals surface area contributed by atoms with Gasteiger partial charge in [0.15, 0.2) is 6.61 Å². The van der Waals surface area contributed by atoms with Crippen LogP contribution in [0.4, 0.5) is 0 Å². The Morgan fingerprint density at radius 2 is 1.76 bits per heavy atom. The van der Waals surface area contributed by atoms with E-state index >= 15 is 0 Å². The Morgan fingerprint density at radius 3 is 2.24 bits per heavy atom. The highest BCUT2D eigenvalue weighted by molar-refractivity contribution is 5.67. The fourth-order valence-corrected chi connectivity index (χ4v) is 1.31. The quantitative estimate of drug-likeness (QED) is 0.624. The van der Waals surface area contributed by atoms with Crippen molar-refractivity contribution in [1.29, 1.82) is 0 Å². The van der Waals surface area contributed by atoms with Crippen molar-refractivity contribution in [3.63, 3.8) is 0 Å². The van der Waals surface area contributed by atoms with Gasteiger partial charge >= 0.3 is 11.9 Å². The molecule has 0 aromatic heterocycles. The summed E-state index contributed by atoms with van der Waals surface area (Å²) in [6, 6.07) is 8.26. The predicted molar refractivity (Wildman–Crippen MR) is 58.7 cm³/mol. The molecule has 0 heterocycles. The number of esters is 2. The summed E-state index contributed by atoms with van der Waals surface area (Å²) in [5.74, 6) is -3.17. The van der Waals surface area contributed by atoms with Crippen molar-refractivity contribution >= 4 is 11.9 Å². The normalized spacial score (nSPS) is 13.6. The van der Waals surface area contributed by atoms with Crippen LogP contribution < -0.4 is 0 Å². The monoisotopic (exact) mass is 238 g/mol. The maximum atomic E-state index is 11.0. The molecular formula is C12H14O5. The van der Waals surface area contributed by atoms with E-state index in [0.29, 0.717) is 5.56 Å². The van der Waals surface area contributed by atoms with Crippen molar-refractivity contribution < 1.29 is 24.2 Å². The number of ether oxygens (including phenoxy) is 2. The smallest absolute Gasteiger partial charge is 0.305 e. The largest absolute Gasteiger partial charge is 0.458 e. The highest BCUT2D eigenvalue weighted by Gasteiger charge is 2.34. The number of carbonyl (C=O) groups is 2. The van der Waals surface area contributed by atoms with E-state index in [1.807, 2.05) is 0 Å². The number of rotatable bonds is 4. The molecule has 1 rings (SSSR count). The molecule has 0 aliphatic rings. The van der Waals surface area contributed by atoms with Gasteiger partial charge in [-0.15, -0.1) is 0 Å². The lowest BCUT2D eigenvalue weighted by molar-refractivity contribution is -0.233. The molecule has 1 atom stereocenters. The third kappa shape index (κ3) is 3.88. The highest BCUT2D eigenvalue weighted by atomic mass is 16.7. The second kappa shape index (κ2) is 5.45. The molecule has 5 heteroatoms. The van der Waals surface area contributed by atoms with Gasteiger partial charge in [-0.1, -0.05) is 30.3 Å². The lowest BCUT2D eigenvalue weighted by atomic mass is 10.1. The van der Waals surface area contributed by atoms with Gasteiger partial charge in [0.2, 0.25) is 0 Å². The molecule has 1 aromatic carbocycles. The SMILES string of the molecule is CC(=O)OCC(O)(OC(C)=O)c1ccccc1. The zero-order chi connectivity index (χ0) is 12.9. The average Bonchev–Trinajstić information content (AvgIpc) is 2.27.